The van der Waals surface area contributed by atoms with Crippen molar-refractivity contribution in [2.45, 2.75) is 13.3 Å². The standard InChI is InChI=1S/C21H16I2N2O2S/c1-3-9-27-19-16(22)10-14(11-17(19)23)12-18-20(26)25-21(28-18)24-15-7-5-13(4-2)6-8-15/h1,5-8,10-12H,4,9H2,2H3,(H,24,25,26)/b18-12-. The summed E-state index contributed by atoms with van der Waals surface area (Å²) < 4.78 is 7.48. The lowest BCUT2D eigenvalue weighted by Crippen LogP contribution is -2.19. The van der Waals surface area contributed by atoms with Gasteiger partial charge in [-0.05, 0) is 105 Å². The fraction of sp³-hybridized carbons (Fsp3) is 0.143. The Morgan fingerprint density at radius 3 is 2.54 bits per heavy atom. The lowest BCUT2D eigenvalue weighted by molar-refractivity contribution is -0.115. The Labute approximate surface area is 195 Å². The van der Waals surface area contributed by atoms with Crippen molar-refractivity contribution in [3.8, 4) is 18.1 Å². The fourth-order valence-electron chi connectivity index (χ4n) is 2.47. The Morgan fingerprint density at radius 1 is 1.25 bits per heavy atom. The van der Waals surface area contributed by atoms with E-state index < -0.39 is 0 Å². The Balaban J connectivity index is 1.80. The van der Waals surface area contributed by atoms with E-state index in [1.54, 1.807) is 0 Å². The Hall–Kier alpha value is -1.51. The molecule has 0 spiro atoms. The lowest BCUT2D eigenvalue weighted by Gasteiger charge is -2.09. The van der Waals surface area contributed by atoms with Crippen LogP contribution in [0.1, 0.15) is 18.1 Å². The summed E-state index contributed by atoms with van der Waals surface area (Å²) in [6, 6.07) is 11.9. The number of halogens is 2. The average Bonchev–Trinajstić information content (AvgIpc) is 3.00. The molecule has 1 aliphatic heterocycles. The zero-order valence-corrected chi connectivity index (χ0v) is 20.1. The Morgan fingerprint density at radius 2 is 1.93 bits per heavy atom. The molecule has 4 nitrogen and oxygen atoms in total. The molecule has 0 radical (unpaired) electrons. The number of nitrogens with zero attached hydrogens (tertiary/aromatic N) is 1. The van der Waals surface area contributed by atoms with Crippen LogP contribution in [0.15, 0.2) is 46.3 Å². The molecule has 1 fully saturated rings. The van der Waals surface area contributed by atoms with Crippen LogP contribution >= 0.6 is 56.9 Å². The van der Waals surface area contributed by atoms with E-state index in [2.05, 4.69) is 68.3 Å². The number of carbonyl (C=O) groups is 1. The molecule has 3 rings (SSSR count). The second-order valence-electron chi connectivity index (χ2n) is 5.81. The van der Waals surface area contributed by atoms with Crippen molar-refractivity contribution < 1.29 is 9.53 Å². The number of hydrogen-bond acceptors (Lipinski definition) is 4. The van der Waals surface area contributed by atoms with E-state index in [0.29, 0.717) is 10.1 Å². The van der Waals surface area contributed by atoms with E-state index in [-0.39, 0.29) is 12.5 Å². The van der Waals surface area contributed by atoms with Gasteiger partial charge in [-0.15, -0.1) is 6.42 Å². The maximum atomic E-state index is 12.3. The fourth-order valence-corrected chi connectivity index (χ4v) is 5.44. The first-order valence-corrected chi connectivity index (χ1v) is 11.4. The van der Waals surface area contributed by atoms with Crippen LogP contribution in [0.3, 0.4) is 0 Å². The lowest BCUT2D eigenvalue weighted by atomic mass is 10.2. The van der Waals surface area contributed by atoms with E-state index >= 15 is 0 Å². The van der Waals surface area contributed by atoms with Crippen molar-refractivity contribution in [2.75, 3.05) is 6.61 Å². The van der Waals surface area contributed by atoms with Gasteiger partial charge in [0.05, 0.1) is 17.7 Å². The monoisotopic (exact) mass is 614 g/mol. The number of amides is 1. The summed E-state index contributed by atoms with van der Waals surface area (Å²) >= 11 is 5.75. The molecule has 1 aliphatic rings. The van der Waals surface area contributed by atoms with E-state index in [9.17, 15) is 4.79 Å². The highest BCUT2D eigenvalue weighted by molar-refractivity contribution is 14.1. The van der Waals surface area contributed by atoms with Crippen LogP contribution in [-0.2, 0) is 11.2 Å². The highest BCUT2D eigenvalue weighted by Crippen LogP contribution is 2.32. The molecule has 1 amide bonds. The third kappa shape index (κ3) is 5.30. The van der Waals surface area contributed by atoms with Gasteiger partial charge in [-0.2, -0.15) is 0 Å². The third-order valence-electron chi connectivity index (χ3n) is 3.84. The van der Waals surface area contributed by atoms with Gasteiger partial charge in [-0.25, -0.2) is 4.99 Å². The summed E-state index contributed by atoms with van der Waals surface area (Å²) in [5.41, 5.74) is 3.00. The molecule has 2 aromatic rings. The zero-order valence-electron chi connectivity index (χ0n) is 15.0. The summed E-state index contributed by atoms with van der Waals surface area (Å²) in [5, 5.41) is 3.41. The summed E-state index contributed by atoms with van der Waals surface area (Å²) in [4.78, 5) is 17.5. The van der Waals surface area contributed by atoms with Gasteiger partial charge in [0.25, 0.3) is 5.91 Å². The van der Waals surface area contributed by atoms with Crippen molar-refractivity contribution in [1.82, 2.24) is 5.32 Å². The molecule has 0 aromatic heterocycles. The van der Waals surface area contributed by atoms with Crippen LogP contribution in [0.2, 0.25) is 0 Å². The minimum Gasteiger partial charge on any atom is -0.479 e. The van der Waals surface area contributed by atoms with Crippen LogP contribution in [0, 0.1) is 19.5 Å². The molecule has 2 aromatic carbocycles. The highest BCUT2D eigenvalue weighted by atomic mass is 127. The van der Waals surface area contributed by atoms with Gasteiger partial charge in [0.1, 0.15) is 12.4 Å². The molecule has 0 saturated carbocycles. The minimum absolute atomic E-state index is 0.147. The molecule has 0 unspecified atom stereocenters. The summed E-state index contributed by atoms with van der Waals surface area (Å²) in [6.45, 7) is 2.34. The van der Waals surface area contributed by atoms with Crippen LogP contribution in [0.5, 0.6) is 5.75 Å². The Bertz CT molecular complexity index is 985. The number of aliphatic imine (C=N–C) groups is 1. The van der Waals surface area contributed by atoms with Crippen molar-refractivity contribution in [3.63, 3.8) is 0 Å². The molecule has 1 N–H and O–H groups in total. The van der Waals surface area contributed by atoms with E-state index in [4.69, 9.17) is 11.2 Å². The zero-order chi connectivity index (χ0) is 20.1. The number of ether oxygens (including phenoxy) is 1. The number of aryl methyl sites for hydroxylation is 1. The van der Waals surface area contributed by atoms with Gasteiger partial charge in [-0.1, -0.05) is 25.0 Å². The molecular weight excluding hydrogens is 598 g/mol. The predicted molar refractivity (Wildman–Crippen MR) is 133 cm³/mol. The van der Waals surface area contributed by atoms with Gasteiger partial charge in [0.15, 0.2) is 5.17 Å². The smallest absolute Gasteiger partial charge is 0.264 e. The van der Waals surface area contributed by atoms with Gasteiger partial charge in [0.2, 0.25) is 0 Å². The van der Waals surface area contributed by atoms with Crippen LogP contribution < -0.4 is 10.1 Å². The number of terminal acetylenes is 1. The van der Waals surface area contributed by atoms with Crippen LogP contribution in [0.4, 0.5) is 5.69 Å². The molecule has 142 valence electrons. The first-order chi connectivity index (χ1) is 13.5. The third-order valence-corrected chi connectivity index (χ3v) is 6.36. The average molecular weight is 614 g/mol. The normalized spacial score (nSPS) is 16.3. The van der Waals surface area contributed by atoms with Gasteiger partial charge in [-0.3, -0.25) is 4.79 Å². The Kier molecular flexibility index (Phi) is 7.42. The van der Waals surface area contributed by atoms with E-state index in [0.717, 1.165) is 30.6 Å². The first-order valence-electron chi connectivity index (χ1n) is 8.44. The largest absolute Gasteiger partial charge is 0.479 e. The molecule has 7 heteroatoms. The second-order valence-corrected chi connectivity index (χ2v) is 9.16. The number of nitrogens with one attached hydrogen (secondary N) is 1. The molecule has 0 bridgehead atoms. The molecule has 0 aliphatic carbocycles. The van der Waals surface area contributed by atoms with Gasteiger partial charge < -0.3 is 10.1 Å². The SMILES string of the molecule is C#CCOc1c(I)cc(/C=C2\SC(=Nc3ccc(CC)cc3)NC2=O)cc1I. The number of hydrogen-bond donors (Lipinski definition) is 1. The second kappa shape index (κ2) is 9.80. The molecule has 1 saturated heterocycles. The molecule has 28 heavy (non-hydrogen) atoms. The number of benzene rings is 2. The number of amidine groups is 1. The molecule has 0 atom stereocenters. The van der Waals surface area contributed by atoms with E-state index in [1.807, 2.05) is 42.5 Å². The van der Waals surface area contributed by atoms with E-state index in [1.165, 1.54) is 17.3 Å². The van der Waals surface area contributed by atoms with Gasteiger partial charge in [0, 0.05) is 0 Å². The summed E-state index contributed by atoms with van der Waals surface area (Å²) in [5.74, 6) is 3.09. The van der Waals surface area contributed by atoms with Crippen molar-refractivity contribution in [1.29, 1.82) is 0 Å². The predicted octanol–water partition coefficient (Wildman–Crippen LogP) is 5.36. The maximum absolute atomic E-state index is 12.3. The van der Waals surface area contributed by atoms with Crippen molar-refractivity contribution in [3.05, 3.63) is 59.6 Å². The van der Waals surface area contributed by atoms with Crippen molar-refractivity contribution >= 4 is 79.8 Å². The van der Waals surface area contributed by atoms with Gasteiger partial charge >= 0.3 is 0 Å². The minimum atomic E-state index is -0.147. The first kappa shape index (κ1) is 21.2. The maximum Gasteiger partial charge on any atom is 0.264 e. The topological polar surface area (TPSA) is 50.7 Å². The summed E-state index contributed by atoms with van der Waals surface area (Å²) in [7, 11) is 0. The van der Waals surface area contributed by atoms with Crippen LogP contribution in [-0.4, -0.2) is 17.7 Å². The highest BCUT2D eigenvalue weighted by Gasteiger charge is 2.24. The van der Waals surface area contributed by atoms with Crippen molar-refractivity contribution in [2.24, 2.45) is 4.99 Å². The molecule has 1 heterocycles. The summed E-state index contributed by atoms with van der Waals surface area (Å²) in [6.07, 6.45) is 8.11. The number of rotatable bonds is 5. The quantitative estimate of drug-likeness (QED) is 0.281. The number of thioether (sulfide) groups is 1. The number of carbonyl (C=O) groups excluding carboxylic acids is 1. The molecular formula is C21H16I2N2O2S. The van der Waals surface area contributed by atoms with Crippen LogP contribution in [0.25, 0.3) is 6.08 Å².